The Balaban J connectivity index is 0.00000300. The van der Waals surface area contributed by atoms with E-state index < -0.39 is 0 Å². The van der Waals surface area contributed by atoms with Crippen LogP contribution in [-0.4, -0.2) is 46.7 Å². The molecular weight excluding hydrogens is 484 g/mol. The number of aromatic nitrogens is 2. The Morgan fingerprint density at radius 3 is 2.86 bits per heavy atom. The van der Waals surface area contributed by atoms with Crippen molar-refractivity contribution in [3.05, 3.63) is 48.3 Å². The average Bonchev–Trinajstić information content (AvgIpc) is 3.22. The van der Waals surface area contributed by atoms with E-state index in [1.165, 1.54) is 6.07 Å². The molecule has 1 aliphatic heterocycles. The standard InChI is InChI=1S/C21H30FN5O.HI/c1-4-24-21(25-13-17-6-7-20(28-5-2)18(22)12-17)26-10-8-16(3)19(14-26)27-11-9-23-15-27;/h6-7,9,11-12,15-16,19H,4-5,8,10,13-14H2,1-3H3,(H,24,25);1H. The van der Waals surface area contributed by atoms with Gasteiger partial charge in [-0.2, -0.15) is 0 Å². The zero-order chi connectivity index (χ0) is 19.9. The number of nitrogens with one attached hydrogen (secondary N) is 1. The summed E-state index contributed by atoms with van der Waals surface area (Å²) in [7, 11) is 0. The molecule has 2 aromatic rings. The number of aliphatic imine (C=N–C) groups is 1. The molecule has 0 saturated carbocycles. The number of likely N-dealkylation sites (tertiary alicyclic amines) is 1. The third kappa shape index (κ3) is 6.07. The summed E-state index contributed by atoms with van der Waals surface area (Å²) in [5.74, 6) is 1.39. The van der Waals surface area contributed by atoms with Crippen LogP contribution in [-0.2, 0) is 6.54 Å². The van der Waals surface area contributed by atoms with Crippen LogP contribution >= 0.6 is 24.0 Å². The fourth-order valence-electron chi connectivity index (χ4n) is 3.60. The Morgan fingerprint density at radius 1 is 1.38 bits per heavy atom. The number of hydrogen-bond acceptors (Lipinski definition) is 3. The molecule has 2 atom stereocenters. The number of ether oxygens (including phenoxy) is 1. The summed E-state index contributed by atoms with van der Waals surface area (Å²) < 4.78 is 21.6. The molecule has 0 bridgehead atoms. The molecule has 0 spiro atoms. The molecule has 6 nitrogen and oxygen atoms in total. The van der Waals surface area contributed by atoms with Gasteiger partial charge in [0, 0.05) is 32.0 Å². The second kappa shape index (κ2) is 11.4. The van der Waals surface area contributed by atoms with Gasteiger partial charge < -0.3 is 19.5 Å². The molecule has 29 heavy (non-hydrogen) atoms. The minimum Gasteiger partial charge on any atom is -0.491 e. The second-order valence-corrected chi connectivity index (χ2v) is 7.16. The summed E-state index contributed by atoms with van der Waals surface area (Å²) in [4.78, 5) is 11.3. The summed E-state index contributed by atoms with van der Waals surface area (Å²) >= 11 is 0. The first kappa shape index (κ1) is 23.4. The van der Waals surface area contributed by atoms with E-state index in [1.807, 2.05) is 31.7 Å². The van der Waals surface area contributed by atoms with Gasteiger partial charge >= 0.3 is 0 Å². The van der Waals surface area contributed by atoms with Crippen LogP contribution in [0.2, 0.25) is 0 Å². The fourth-order valence-corrected chi connectivity index (χ4v) is 3.60. The lowest BCUT2D eigenvalue weighted by Gasteiger charge is -2.39. The van der Waals surface area contributed by atoms with Gasteiger partial charge in [-0.1, -0.05) is 13.0 Å². The minimum absolute atomic E-state index is 0. The molecule has 160 valence electrons. The maximum Gasteiger partial charge on any atom is 0.194 e. The van der Waals surface area contributed by atoms with Gasteiger partial charge in [0.15, 0.2) is 17.5 Å². The second-order valence-electron chi connectivity index (χ2n) is 7.16. The zero-order valence-corrected chi connectivity index (χ0v) is 19.7. The number of halogens is 2. The largest absolute Gasteiger partial charge is 0.491 e. The summed E-state index contributed by atoms with van der Waals surface area (Å²) in [6, 6.07) is 5.41. The lowest BCUT2D eigenvalue weighted by atomic mass is 9.93. The van der Waals surface area contributed by atoms with Crippen LogP contribution in [0.15, 0.2) is 41.9 Å². The monoisotopic (exact) mass is 515 g/mol. The summed E-state index contributed by atoms with van der Waals surface area (Å²) in [5, 5.41) is 3.38. The van der Waals surface area contributed by atoms with E-state index in [9.17, 15) is 4.39 Å². The Hall–Kier alpha value is -1.84. The van der Waals surface area contributed by atoms with Crippen LogP contribution in [0.25, 0.3) is 0 Å². The summed E-state index contributed by atoms with van der Waals surface area (Å²) in [6.07, 6.45) is 6.82. The first-order valence-corrected chi connectivity index (χ1v) is 10.0. The van der Waals surface area contributed by atoms with Crippen LogP contribution in [0.3, 0.4) is 0 Å². The number of rotatable bonds is 6. The molecule has 0 amide bonds. The molecule has 3 rings (SSSR count). The first-order chi connectivity index (χ1) is 13.6. The highest BCUT2D eigenvalue weighted by molar-refractivity contribution is 14.0. The lowest BCUT2D eigenvalue weighted by molar-refractivity contribution is 0.189. The molecule has 0 radical (unpaired) electrons. The quantitative estimate of drug-likeness (QED) is 0.358. The molecule has 1 aliphatic rings. The molecular formula is C21H31FIN5O. The van der Waals surface area contributed by atoms with Crippen LogP contribution < -0.4 is 10.1 Å². The predicted molar refractivity (Wildman–Crippen MR) is 124 cm³/mol. The van der Waals surface area contributed by atoms with Crippen molar-refractivity contribution in [2.24, 2.45) is 10.9 Å². The van der Waals surface area contributed by atoms with Crippen molar-refractivity contribution in [1.29, 1.82) is 0 Å². The fraction of sp³-hybridized carbons (Fsp3) is 0.524. The molecule has 1 aromatic heterocycles. The van der Waals surface area contributed by atoms with Gasteiger partial charge in [0.2, 0.25) is 0 Å². The van der Waals surface area contributed by atoms with E-state index in [1.54, 1.807) is 6.07 Å². The highest BCUT2D eigenvalue weighted by Gasteiger charge is 2.28. The summed E-state index contributed by atoms with van der Waals surface area (Å²) in [5.41, 5.74) is 0.827. The van der Waals surface area contributed by atoms with E-state index >= 15 is 0 Å². The van der Waals surface area contributed by atoms with Gasteiger partial charge in [-0.25, -0.2) is 14.4 Å². The highest BCUT2D eigenvalue weighted by atomic mass is 127. The number of guanidine groups is 1. The molecule has 0 aliphatic carbocycles. The Labute approximate surface area is 189 Å². The number of benzene rings is 1. The van der Waals surface area contributed by atoms with Gasteiger partial charge in [-0.15, -0.1) is 24.0 Å². The molecule has 1 N–H and O–H groups in total. The Morgan fingerprint density at radius 2 is 2.21 bits per heavy atom. The number of hydrogen-bond donors (Lipinski definition) is 1. The molecule has 2 heterocycles. The van der Waals surface area contributed by atoms with Crippen molar-refractivity contribution in [3.63, 3.8) is 0 Å². The molecule has 1 saturated heterocycles. The lowest BCUT2D eigenvalue weighted by Crippen LogP contribution is -2.49. The van der Waals surface area contributed by atoms with Crippen LogP contribution in [0.5, 0.6) is 5.75 Å². The maximum absolute atomic E-state index is 14.1. The third-order valence-corrected chi connectivity index (χ3v) is 5.17. The van der Waals surface area contributed by atoms with E-state index in [0.717, 1.165) is 37.6 Å². The predicted octanol–water partition coefficient (Wildman–Crippen LogP) is 4.09. The van der Waals surface area contributed by atoms with Gasteiger partial charge in [0.1, 0.15) is 0 Å². The average molecular weight is 515 g/mol. The van der Waals surface area contributed by atoms with Gasteiger partial charge in [-0.05, 0) is 43.9 Å². The third-order valence-electron chi connectivity index (χ3n) is 5.17. The number of nitrogens with zero attached hydrogens (tertiary/aromatic N) is 4. The van der Waals surface area contributed by atoms with E-state index in [4.69, 9.17) is 9.73 Å². The van der Waals surface area contributed by atoms with Crippen molar-refractivity contribution >= 4 is 29.9 Å². The molecule has 2 unspecified atom stereocenters. The number of piperidine rings is 1. The van der Waals surface area contributed by atoms with Crippen molar-refractivity contribution < 1.29 is 9.13 Å². The van der Waals surface area contributed by atoms with E-state index in [0.29, 0.717) is 25.1 Å². The van der Waals surface area contributed by atoms with Crippen LogP contribution in [0.4, 0.5) is 4.39 Å². The van der Waals surface area contributed by atoms with Crippen LogP contribution in [0, 0.1) is 11.7 Å². The van der Waals surface area contributed by atoms with Crippen molar-refractivity contribution in [2.45, 2.75) is 39.8 Å². The SMILES string of the molecule is CCNC(=NCc1ccc(OCC)c(F)c1)N1CCC(C)C(n2ccnc2)C1.I. The first-order valence-electron chi connectivity index (χ1n) is 10.0. The van der Waals surface area contributed by atoms with Gasteiger partial charge in [0.05, 0.1) is 25.5 Å². The topological polar surface area (TPSA) is 54.7 Å². The Bertz CT molecular complexity index is 783. The molecule has 1 aromatic carbocycles. The zero-order valence-electron chi connectivity index (χ0n) is 17.3. The highest BCUT2D eigenvalue weighted by Crippen LogP contribution is 2.27. The van der Waals surface area contributed by atoms with E-state index in [-0.39, 0.29) is 35.5 Å². The minimum atomic E-state index is -0.341. The smallest absolute Gasteiger partial charge is 0.194 e. The van der Waals surface area contributed by atoms with Gasteiger partial charge in [0.25, 0.3) is 0 Å². The maximum atomic E-state index is 14.1. The number of imidazole rings is 1. The van der Waals surface area contributed by atoms with Gasteiger partial charge in [-0.3, -0.25) is 0 Å². The van der Waals surface area contributed by atoms with Crippen molar-refractivity contribution in [2.75, 3.05) is 26.2 Å². The van der Waals surface area contributed by atoms with Crippen molar-refractivity contribution in [3.8, 4) is 5.75 Å². The summed E-state index contributed by atoms with van der Waals surface area (Å²) in [6.45, 7) is 9.69. The van der Waals surface area contributed by atoms with Crippen molar-refractivity contribution in [1.82, 2.24) is 19.8 Å². The molecule has 1 fully saturated rings. The Kier molecular flexibility index (Phi) is 9.19. The van der Waals surface area contributed by atoms with E-state index in [2.05, 4.69) is 33.6 Å². The van der Waals surface area contributed by atoms with Crippen LogP contribution in [0.1, 0.15) is 38.8 Å². The normalized spacial score (nSPS) is 19.6. The molecule has 8 heteroatoms.